The van der Waals surface area contributed by atoms with Gasteiger partial charge in [0.25, 0.3) is 0 Å². The Balaban J connectivity index is 1.94. The quantitative estimate of drug-likeness (QED) is 0.876. The van der Waals surface area contributed by atoms with E-state index in [1.54, 1.807) is 7.11 Å². The highest BCUT2D eigenvalue weighted by Gasteiger charge is 2.13. The maximum absolute atomic E-state index is 10.3. The fourth-order valence-electron chi connectivity index (χ4n) is 2.08. The van der Waals surface area contributed by atoms with E-state index in [1.165, 1.54) is 0 Å². The van der Waals surface area contributed by atoms with E-state index in [9.17, 15) is 5.11 Å². The van der Waals surface area contributed by atoms with Crippen LogP contribution in [0.3, 0.4) is 0 Å². The molecule has 1 N–H and O–H groups in total. The molecular formula is C15H20N2O3. The molecule has 0 aliphatic heterocycles. The highest BCUT2D eigenvalue weighted by atomic mass is 16.5. The van der Waals surface area contributed by atoms with E-state index in [4.69, 9.17) is 9.26 Å². The molecule has 1 aromatic carbocycles. The molecule has 1 heterocycles. The maximum Gasteiger partial charge on any atom is 0.133 e. The minimum Gasteiger partial charge on any atom is -0.497 e. The van der Waals surface area contributed by atoms with Gasteiger partial charge in [0.15, 0.2) is 0 Å². The summed E-state index contributed by atoms with van der Waals surface area (Å²) in [6, 6.07) is 9.37. The van der Waals surface area contributed by atoms with E-state index in [0.29, 0.717) is 13.1 Å². The number of ether oxygens (including phenoxy) is 1. The number of aliphatic hydroxyl groups excluding tert-OH is 1. The highest BCUT2D eigenvalue weighted by Crippen LogP contribution is 2.20. The number of rotatable bonds is 6. The van der Waals surface area contributed by atoms with Crippen molar-refractivity contribution in [1.82, 2.24) is 10.1 Å². The fraction of sp³-hybridized carbons (Fsp3) is 0.400. The SMILES string of the molecule is COc1cccc(C(O)CN(C)Cc2cc(C)on2)c1. The molecule has 0 saturated carbocycles. The lowest BCUT2D eigenvalue weighted by Crippen LogP contribution is -2.24. The molecule has 0 radical (unpaired) electrons. The third-order valence-electron chi connectivity index (χ3n) is 3.07. The van der Waals surface area contributed by atoms with Crippen LogP contribution in [0.1, 0.15) is 23.1 Å². The molecule has 0 aliphatic rings. The van der Waals surface area contributed by atoms with Crippen molar-refractivity contribution in [2.24, 2.45) is 0 Å². The molecule has 1 atom stereocenters. The van der Waals surface area contributed by atoms with Crippen LogP contribution in [-0.2, 0) is 6.54 Å². The van der Waals surface area contributed by atoms with Crippen LogP contribution in [0.5, 0.6) is 5.75 Å². The molecule has 0 amide bonds. The Morgan fingerprint density at radius 3 is 2.85 bits per heavy atom. The van der Waals surface area contributed by atoms with Gasteiger partial charge < -0.3 is 14.4 Å². The summed E-state index contributed by atoms with van der Waals surface area (Å²) in [6.07, 6.45) is -0.567. The Morgan fingerprint density at radius 1 is 1.40 bits per heavy atom. The smallest absolute Gasteiger partial charge is 0.133 e. The first-order chi connectivity index (χ1) is 9.58. The lowest BCUT2D eigenvalue weighted by Gasteiger charge is -2.20. The molecule has 20 heavy (non-hydrogen) atoms. The monoisotopic (exact) mass is 276 g/mol. The number of aromatic nitrogens is 1. The summed E-state index contributed by atoms with van der Waals surface area (Å²) >= 11 is 0. The minimum atomic E-state index is -0.567. The van der Waals surface area contributed by atoms with Gasteiger partial charge in [0.1, 0.15) is 11.5 Å². The third-order valence-corrected chi connectivity index (χ3v) is 3.07. The standard InChI is InChI=1S/C15H20N2O3/c1-11-7-13(16-20-11)9-17(2)10-15(18)12-5-4-6-14(8-12)19-3/h4-8,15,18H,9-10H2,1-3H3. The van der Waals surface area contributed by atoms with E-state index in [2.05, 4.69) is 5.16 Å². The first kappa shape index (κ1) is 14.6. The van der Waals surface area contributed by atoms with Crippen LogP contribution in [0.4, 0.5) is 0 Å². The lowest BCUT2D eigenvalue weighted by atomic mass is 10.1. The van der Waals surface area contributed by atoms with Gasteiger partial charge in [0.05, 0.1) is 18.9 Å². The number of nitrogens with zero attached hydrogens (tertiary/aromatic N) is 2. The summed E-state index contributed by atoms with van der Waals surface area (Å²) in [6.45, 7) is 3.01. The summed E-state index contributed by atoms with van der Waals surface area (Å²) < 4.78 is 10.2. The predicted molar refractivity (Wildman–Crippen MR) is 75.5 cm³/mol. The Bertz CT molecular complexity index is 554. The average Bonchev–Trinajstić information content (AvgIpc) is 2.83. The van der Waals surface area contributed by atoms with E-state index in [0.717, 1.165) is 22.8 Å². The van der Waals surface area contributed by atoms with Crippen molar-refractivity contribution in [3.8, 4) is 5.75 Å². The lowest BCUT2D eigenvalue weighted by molar-refractivity contribution is 0.122. The molecule has 0 spiro atoms. The van der Waals surface area contributed by atoms with E-state index in [-0.39, 0.29) is 0 Å². The molecule has 0 aliphatic carbocycles. The van der Waals surface area contributed by atoms with Crippen LogP contribution < -0.4 is 4.74 Å². The molecule has 0 saturated heterocycles. The van der Waals surface area contributed by atoms with Gasteiger partial charge in [-0.3, -0.25) is 4.90 Å². The van der Waals surface area contributed by atoms with E-state index in [1.807, 2.05) is 49.2 Å². The summed E-state index contributed by atoms with van der Waals surface area (Å²) in [5, 5.41) is 14.2. The molecule has 5 heteroatoms. The Morgan fingerprint density at radius 2 is 2.20 bits per heavy atom. The molecule has 0 fully saturated rings. The molecule has 2 aromatic rings. The zero-order chi connectivity index (χ0) is 14.5. The van der Waals surface area contributed by atoms with Crippen LogP contribution in [0, 0.1) is 6.92 Å². The van der Waals surface area contributed by atoms with Gasteiger partial charge in [-0.05, 0) is 31.7 Å². The zero-order valence-electron chi connectivity index (χ0n) is 12.0. The highest BCUT2D eigenvalue weighted by molar-refractivity contribution is 5.29. The average molecular weight is 276 g/mol. The molecule has 1 unspecified atom stereocenters. The fourth-order valence-corrected chi connectivity index (χ4v) is 2.08. The number of methoxy groups -OCH3 is 1. The van der Waals surface area contributed by atoms with Crippen molar-refractivity contribution in [2.45, 2.75) is 19.6 Å². The first-order valence-corrected chi connectivity index (χ1v) is 6.51. The predicted octanol–water partition coefficient (Wildman–Crippen LogP) is 2.16. The number of hydrogen-bond donors (Lipinski definition) is 1. The van der Waals surface area contributed by atoms with Crippen molar-refractivity contribution >= 4 is 0 Å². The van der Waals surface area contributed by atoms with Gasteiger partial charge in [0, 0.05) is 19.2 Å². The molecule has 108 valence electrons. The minimum absolute atomic E-state index is 0.513. The molecule has 0 bridgehead atoms. The molecule has 1 aromatic heterocycles. The Labute approximate surface area is 118 Å². The Kier molecular flexibility index (Phi) is 4.76. The van der Waals surface area contributed by atoms with Crippen LogP contribution >= 0.6 is 0 Å². The summed E-state index contributed by atoms with van der Waals surface area (Å²) in [7, 11) is 3.55. The van der Waals surface area contributed by atoms with Gasteiger partial charge in [-0.2, -0.15) is 0 Å². The molecule has 2 rings (SSSR count). The van der Waals surface area contributed by atoms with Gasteiger partial charge in [-0.25, -0.2) is 0 Å². The third kappa shape index (κ3) is 3.82. The van der Waals surface area contributed by atoms with Crippen LogP contribution in [0.2, 0.25) is 0 Å². The molecule has 5 nitrogen and oxygen atoms in total. The second-order valence-electron chi connectivity index (χ2n) is 4.92. The van der Waals surface area contributed by atoms with E-state index < -0.39 is 6.10 Å². The maximum atomic E-state index is 10.3. The second kappa shape index (κ2) is 6.54. The van der Waals surface area contributed by atoms with E-state index >= 15 is 0 Å². The normalized spacial score (nSPS) is 12.7. The van der Waals surface area contributed by atoms with Crippen molar-refractivity contribution < 1.29 is 14.4 Å². The topological polar surface area (TPSA) is 58.7 Å². The van der Waals surface area contributed by atoms with Crippen LogP contribution in [0.15, 0.2) is 34.9 Å². The summed E-state index contributed by atoms with van der Waals surface area (Å²) in [5.74, 6) is 1.54. The first-order valence-electron chi connectivity index (χ1n) is 6.51. The van der Waals surface area contributed by atoms with Crippen molar-refractivity contribution in [3.05, 3.63) is 47.3 Å². The summed E-state index contributed by atoms with van der Waals surface area (Å²) in [5.41, 5.74) is 1.70. The van der Waals surface area contributed by atoms with Crippen molar-refractivity contribution in [1.29, 1.82) is 0 Å². The van der Waals surface area contributed by atoms with Crippen molar-refractivity contribution in [2.75, 3.05) is 20.7 Å². The number of aliphatic hydroxyl groups is 1. The van der Waals surface area contributed by atoms with Crippen molar-refractivity contribution in [3.63, 3.8) is 0 Å². The van der Waals surface area contributed by atoms with Gasteiger partial charge in [0.2, 0.25) is 0 Å². The zero-order valence-corrected chi connectivity index (χ0v) is 12.0. The molecular weight excluding hydrogens is 256 g/mol. The second-order valence-corrected chi connectivity index (χ2v) is 4.92. The van der Waals surface area contributed by atoms with Gasteiger partial charge >= 0.3 is 0 Å². The summed E-state index contributed by atoms with van der Waals surface area (Å²) in [4.78, 5) is 2.00. The van der Waals surface area contributed by atoms with Gasteiger partial charge in [-0.15, -0.1) is 0 Å². The number of likely N-dealkylation sites (N-methyl/N-ethyl adjacent to an activating group) is 1. The Hall–Kier alpha value is -1.85. The van der Waals surface area contributed by atoms with Crippen LogP contribution in [-0.4, -0.2) is 35.9 Å². The van der Waals surface area contributed by atoms with Gasteiger partial charge in [-0.1, -0.05) is 17.3 Å². The number of hydrogen-bond acceptors (Lipinski definition) is 5. The largest absolute Gasteiger partial charge is 0.497 e. The van der Waals surface area contributed by atoms with Crippen LogP contribution in [0.25, 0.3) is 0 Å². The number of benzene rings is 1. The number of aryl methyl sites for hydroxylation is 1.